The Balaban J connectivity index is 1.73. The van der Waals surface area contributed by atoms with Crippen molar-refractivity contribution in [2.24, 2.45) is 0 Å². The van der Waals surface area contributed by atoms with E-state index in [1.54, 1.807) is 48.5 Å². The zero-order chi connectivity index (χ0) is 21.9. The maximum atomic E-state index is 12.5. The number of halogens is 1. The first kappa shape index (κ1) is 22.2. The summed E-state index contributed by atoms with van der Waals surface area (Å²) in [6.07, 6.45) is 1.06. The molecule has 0 unspecified atom stereocenters. The molecule has 0 bridgehead atoms. The number of hydrogen-bond acceptors (Lipinski definition) is 6. The van der Waals surface area contributed by atoms with E-state index < -0.39 is 21.9 Å². The lowest BCUT2D eigenvalue weighted by Crippen LogP contribution is -2.36. The van der Waals surface area contributed by atoms with Crippen molar-refractivity contribution >= 4 is 60.6 Å². The van der Waals surface area contributed by atoms with Gasteiger partial charge in [-0.3, -0.25) is 4.79 Å². The molecule has 0 radical (unpaired) electrons. The van der Waals surface area contributed by atoms with Crippen LogP contribution in [-0.4, -0.2) is 44.5 Å². The third-order valence-corrected chi connectivity index (χ3v) is 6.79. The van der Waals surface area contributed by atoms with Gasteiger partial charge in [-0.25, -0.2) is 13.2 Å². The van der Waals surface area contributed by atoms with Crippen LogP contribution >= 0.6 is 22.9 Å². The minimum absolute atomic E-state index is 0.0511. The molecule has 0 spiro atoms. The van der Waals surface area contributed by atoms with Gasteiger partial charge in [0.2, 0.25) is 15.9 Å². The molecule has 0 saturated carbocycles. The highest BCUT2D eigenvalue weighted by Gasteiger charge is 2.21. The molecule has 1 amide bonds. The normalized spacial score (nSPS) is 11.6. The van der Waals surface area contributed by atoms with E-state index in [-0.39, 0.29) is 13.1 Å². The Morgan fingerprint density at radius 1 is 1.13 bits per heavy atom. The largest absolute Gasteiger partial charge is 0.465 e. The molecule has 0 fully saturated rings. The van der Waals surface area contributed by atoms with Gasteiger partial charge >= 0.3 is 5.97 Å². The molecule has 3 aromatic rings. The number of carbonyl (C=O) groups excluding carboxylic acids is 2. The van der Waals surface area contributed by atoms with Crippen molar-refractivity contribution in [1.29, 1.82) is 0 Å². The van der Waals surface area contributed by atoms with Crippen molar-refractivity contribution < 1.29 is 22.7 Å². The molecule has 10 heteroatoms. The Morgan fingerprint density at radius 3 is 2.47 bits per heavy atom. The van der Waals surface area contributed by atoms with Gasteiger partial charge in [-0.15, -0.1) is 11.3 Å². The standard InChI is InChI=1S/C20H19ClN2O5S2/c1-28-20(25)18-10-14-9-16(7-8-17(14)29-18)22-19(24)12-23(30(2,26)27)11-13-3-5-15(21)6-4-13/h3-10H,11-12H2,1-2H3,(H,22,24). The predicted octanol–water partition coefficient (Wildman–Crippen LogP) is 3.74. The van der Waals surface area contributed by atoms with Crippen molar-refractivity contribution in [2.75, 3.05) is 25.2 Å². The fourth-order valence-corrected chi connectivity index (χ4v) is 4.59. The van der Waals surface area contributed by atoms with Gasteiger partial charge in [0, 0.05) is 22.0 Å². The summed E-state index contributed by atoms with van der Waals surface area (Å²) >= 11 is 7.15. The number of carbonyl (C=O) groups is 2. The van der Waals surface area contributed by atoms with Crippen LogP contribution in [0.3, 0.4) is 0 Å². The summed E-state index contributed by atoms with van der Waals surface area (Å²) in [5.74, 6) is -0.898. The quantitative estimate of drug-likeness (QED) is 0.535. The summed E-state index contributed by atoms with van der Waals surface area (Å²) in [4.78, 5) is 24.6. The molecular weight excluding hydrogens is 448 g/mol. The van der Waals surface area contributed by atoms with Gasteiger partial charge in [-0.1, -0.05) is 23.7 Å². The minimum Gasteiger partial charge on any atom is -0.465 e. The van der Waals surface area contributed by atoms with Crippen molar-refractivity contribution in [2.45, 2.75) is 6.54 Å². The van der Waals surface area contributed by atoms with Crippen LogP contribution in [0.5, 0.6) is 0 Å². The topological polar surface area (TPSA) is 92.8 Å². The fourth-order valence-electron chi connectivity index (χ4n) is 2.77. The molecular formula is C20H19ClN2O5S2. The van der Waals surface area contributed by atoms with E-state index in [0.29, 0.717) is 21.2 Å². The number of sulfonamides is 1. The lowest BCUT2D eigenvalue weighted by molar-refractivity contribution is -0.116. The molecule has 158 valence electrons. The van der Waals surface area contributed by atoms with Crippen LogP contribution in [0.15, 0.2) is 48.5 Å². The number of benzene rings is 2. The Morgan fingerprint density at radius 2 is 1.83 bits per heavy atom. The SMILES string of the molecule is COC(=O)c1cc2cc(NC(=O)CN(Cc3ccc(Cl)cc3)S(C)(=O)=O)ccc2s1. The van der Waals surface area contributed by atoms with Crippen molar-refractivity contribution in [3.63, 3.8) is 0 Å². The van der Waals surface area contributed by atoms with Crippen LogP contribution < -0.4 is 5.32 Å². The fraction of sp³-hybridized carbons (Fsp3) is 0.200. The van der Waals surface area contributed by atoms with E-state index >= 15 is 0 Å². The molecule has 1 N–H and O–H groups in total. The molecule has 30 heavy (non-hydrogen) atoms. The Hall–Kier alpha value is -2.46. The molecule has 1 aromatic heterocycles. The summed E-state index contributed by atoms with van der Waals surface area (Å²) in [5, 5.41) is 4.03. The van der Waals surface area contributed by atoms with Crippen molar-refractivity contribution in [1.82, 2.24) is 4.31 Å². The summed E-state index contributed by atoms with van der Waals surface area (Å²) in [7, 11) is -2.30. The van der Waals surface area contributed by atoms with Crippen LogP contribution in [0.25, 0.3) is 10.1 Å². The number of thiophene rings is 1. The zero-order valence-corrected chi connectivity index (χ0v) is 18.6. The van der Waals surface area contributed by atoms with Crippen LogP contribution in [-0.2, 0) is 26.1 Å². The number of rotatable bonds is 7. The second-order valence-electron chi connectivity index (χ2n) is 6.56. The van der Waals surface area contributed by atoms with Gasteiger partial charge in [0.1, 0.15) is 4.88 Å². The van der Waals surface area contributed by atoms with E-state index in [4.69, 9.17) is 16.3 Å². The first-order valence-electron chi connectivity index (χ1n) is 8.77. The third-order valence-electron chi connectivity index (χ3n) is 4.25. The summed E-state index contributed by atoms with van der Waals surface area (Å²) < 4.78 is 31.0. The minimum atomic E-state index is -3.61. The van der Waals surface area contributed by atoms with Crippen molar-refractivity contribution in [3.05, 3.63) is 64.0 Å². The Labute approximate surface area is 183 Å². The van der Waals surface area contributed by atoms with Gasteiger partial charge in [-0.2, -0.15) is 4.31 Å². The number of ether oxygens (including phenoxy) is 1. The number of hydrogen-bond donors (Lipinski definition) is 1. The lowest BCUT2D eigenvalue weighted by Gasteiger charge is -2.19. The lowest BCUT2D eigenvalue weighted by atomic mass is 10.2. The average Bonchev–Trinajstić information content (AvgIpc) is 3.11. The van der Waals surface area contributed by atoms with Crippen LogP contribution in [0.4, 0.5) is 5.69 Å². The second-order valence-corrected chi connectivity index (χ2v) is 10.1. The highest BCUT2D eigenvalue weighted by Crippen LogP contribution is 2.28. The van der Waals surface area contributed by atoms with Crippen LogP contribution in [0.2, 0.25) is 5.02 Å². The molecule has 0 aliphatic heterocycles. The monoisotopic (exact) mass is 466 g/mol. The van der Waals surface area contributed by atoms with E-state index in [0.717, 1.165) is 20.6 Å². The predicted molar refractivity (Wildman–Crippen MR) is 119 cm³/mol. The van der Waals surface area contributed by atoms with E-state index in [9.17, 15) is 18.0 Å². The van der Waals surface area contributed by atoms with E-state index in [1.807, 2.05) is 0 Å². The number of amides is 1. The van der Waals surface area contributed by atoms with Crippen molar-refractivity contribution in [3.8, 4) is 0 Å². The highest BCUT2D eigenvalue weighted by atomic mass is 35.5. The molecule has 0 atom stereocenters. The first-order valence-corrected chi connectivity index (χ1v) is 11.8. The Bertz CT molecular complexity index is 1190. The van der Waals surface area contributed by atoms with E-state index in [1.165, 1.54) is 18.4 Å². The number of methoxy groups -OCH3 is 1. The van der Waals surface area contributed by atoms with Crippen LogP contribution in [0, 0.1) is 0 Å². The Kier molecular flexibility index (Phi) is 6.77. The number of esters is 1. The van der Waals surface area contributed by atoms with Gasteiger partial charge in [0.15, 0.2) is 0 Å². The third kappa shape index (κ3) is 5.57. The molecule has 0 saturated heterocycles. The number of nitrogens with zero attached hydrogens (tertiary/aromatic N) is 1. The first-order chi connectivity index (χ1) is 14.2. The molecule has 2 aromatic carbocycles. The van der Waals surface area contributed by atoms with Crippen LogP contribution in [0.1, 0.15) is 15.2 Å². The summed E-state index contributed by atoms with van der Waals surface area (Å²) in [5.41, 5.74) is 1.22. The maximum absolute atomic E-state index is 12.5. The summed E-state index contributed by atoms with van der Waals surface area (Å²) in [6, 6.07) is 13.6. The number of nitrogens with one attached hydrogen (secondary N) is 1. The second kappa shape index (κ2) is 9.13. The number of anilines is 1. The highest BCUT2D eigenvalue weighted by molar-refractivity contribution is 7.88. The number of fused-ring (bicyclic) bond motifs is 1. The molecule has 0 aliphatic carbocycles. The maximum Gasteiger partial charge on any atom is 0.348 e. The average molecular weight is 467 g/mol. The molecule has 7 nitrogen and oxygen atoms in total. The zero-order valence-electron chi connectivity index (χ0n) is 16.2. The molecule has 3 rings (SSSR count). The molecule has 1 heterocycles. The van der Waals surface area contributed by atoms with Gasteiger partial charge < -0.3 is 10.1 Å². The summed E-state index contributed by atoms with van der Waals surface area (Å²) in [6.45, 7) is -0.286. The van der Waals surface area contributed by atoms with Gasteiger partial charge in [0.05, 0.1) is 19.9 Å². The van der Waals surface area contributed by atoms with Gasteiger partial charge in [0.25, 0.3) is 0 Å². The van der Waals surface area contributed by atoms with E-state index in [2.05, 4.69) is 5.32 Å². The van der Waals surface area contributed by atoms with Gasteiger partial charge in [-0.05, 0) is 47.3 Å². The smallest absolute Gasteiger partial charge is 0.348 e. The molecule has 0 aliphatic rings.